The van der Waals surface area contributed by atoms with E-state index in [4.69, 9.17) is 14.4 Å². The molecule has 0 aliphatic heterocycles. The molecule has 0 saturated carbocycles. The van der Waals surface area contributed by atoms with Crippen LogP contribution in [0.4, 0.5) is 0 Å². The first kappa shape index (κ1) is 22.5. The highest BCUT2D eigenvalue weighted by molar-refractivity contribution is 6.19. The van der Waals surface area contributed by atoms with E-state index in [9.17, 15) is 0 Å². The minimum Gasteiger partial charge on any atom is -0.464 e. The van der Waals surface area contributed by atoms with Gasteiger partial charge in [-0.2, -0.15) is 0 Å². The Hall–Kier alpha value is -5.48. The zero-order valence-corrected chi connectivity index (χ0v) is 21.5. The molecule has 8 rings (SSSR count). The summed E-state index contributed by atoms with van der Waals surface area (Å²) in [6, 6.07) is 46.0. The van der Waals surface area contributed by atoms with E-state index >= 15 is 0 Å². The van der Waals surface area contributed by atoms with Gasteiger partial charge in [0.1, 0.15) is 5.58 Å². The number of aromatic nitrogens is 3. The highest BCUT2D eigenvalue weighted by atomic mass is 16.3. The standard InChI is InChI=1S/C36H23N3O/c1-3-9-24(10-4-1)25-15-17-27(18-16-25)31-23-30(26-11-5-2-6-12-26)37-36(38-31)39-32-14-8-7-13-29(32)34-33(39)20-19-28-21-22-40-35(28)34/h1-23H. The van der Waals surface area contributed by atoms with Crippen molar-refractivity contribution >= 4 is 32.8 Å². The van der Waals surface area contributed by atoms with E-state index in [1.165, 1.54) is 11.1 Å². The fourth-order valence-electron chi connectivity index (χ4n) is 5.60. The van der Waals surface area contributed by atoms with Crippen molar-refractivity contribution in [2.24, 2.45) is 0 Å². The average Bonchev–Trinajstić information content (AvgIpc) is 3.64. The van der Waals surface area contributed by atoms with E-state index in [1.54, 1.807) is 6.26 Å². The number of hydrogen-bond donors (Lipinski definition) is 0. The lowest BCUT2D eigenvalue weighted by molar-refractivity contribution is 0.619. The molecule has 0 N–H and O–H groups in total. The van der Waals surface area contributed by atoms with Gasteiger partial charge in [0.2, 0.25) is 5.95 Å². The summed E-state index contributed by atoms with van der Waals surface area (Å²) in [5.41, 5.74) is 9.12. The Bertz CT molecular complexity index is 2140. The molecule has 0 radical (unpaired) electrons. The van der Waals surface area contributed by atoms with E-state index in [-0.39, 0.29) is 0 Å². The van der Waals surface area contributed by atoms with Crippen LogP contribution in [-0.4, -0.2) is 14.5 Å². The molecule has 4 nitrogen and oxygen atoms in total. The lowest BCUT2D eigenvalue weighted by Gasteiger charge is -2.12. The number of furan rings is 1. The number of rotatable bonds is 4. The molecule has 0 aliphatic carbocycles. The predicted octanol–water partition coefficient (Wildman–Crippen LogP) is 9.32. The summed E-state index contributed by atoms with van der Waals surface area (Å²) < 4.78 is 8.12. The van der Waals surface area contributed by atoms with Crippen molar-refractivity contribution in [3.63, 3.8) is 0 Å². The van der Waals surface area contributed by atoms with E-state index < -0.39 is 0 Å². The first-order chi connectivity index (χ1) is 19.8. The van der Waals surface area contributed by atoms with Gasteiger partial charge in [0.15, 0.2) is 0 Å². The van der Waals surface area contributed by atoms with Gasteiger partial charge in [0.05, 0.1) is 34.1 Å². The number of para-hydroxylation sites is 1. The first-order valence-corrected chi connectivity index (χ1v) is 13.3. The van der Waals surface area contributed by atoms with Crippen molar-refractivity contribution in [1.82, 2.24) is 14.5 Å². The molecule has 0 unspecified atom stereocenters. The summed E-state index contributed by atoms with van der Waals surface area (Å²) in [6.07, 6.45) is 1.75. The Morgan fingerprint density at radius 1 is 0.500 bits per heavy atom. The molecule has 5 aromatic carbocycles. The van der Waals surface area contributed by atoms with Crippen molar-refractivity contribution in [1.29, 1.82) is 0 Å². The third-order valence-electron chi connectivity index (χ3n) is 7.53. The lowest BCUT2D eigenvalue weighted by Crippen LogP contribution is -2.04. The zero-order valence-electron chi connectivity index (χ0n) is 21.5. The van der Waals surface area contributed by atoms with Crippen LogP contribution < -0.4 is 0 Å². The molecule has 0 aliphatic rings. The molecule has 0 bridgehead atoms. The molecule has 0 spiro atoms. The quantitative estimate of drug-likeness (QED) is 0.235. The Balaban J connectivity index is 1.38. The van der Waals surface area contributed by atoms with Crippen LogP contribution in [0.25, 0.3) is 72.4 Å². The molecule has 0 atom stereocenters. The van der Waals surface area contributed by atoms with E-state index in [0.29, 0.717) is 5.95 Å². The van der Waals surface area contributed by atoms with Crippen LogP contribution in [0.5, 0.6) is 0 Å². The molecule has 4 heteroatoms. The second-order valence-corrected chi connectivity index (χ2v) is 9.90. The van der Waals surface area contributed by atoms with Crippen molar-refractivity contribution in [3.05, 3.63) is 140 Å². The van der Waals surface area contributed by atoms with E-state index in [2.05, 4.69) is 108 Å². The van der Waals surface area contributed by atoms with E-state index in [0.717, 1.165) is 55.3 Å². The highest BCUT2D eigenvalue weighted by Crippen LogP contribution is 2.37. The average molecular weight is 514 g/mol. The molecular weight excluding hydrogens is 490 g/mol. The van der Waals surface area contributed by atoms with Crippen LogP contribution in [0.3, 0.4) is 0 Å². The number of nitrogens with zero attached hydrogens (tertiary/aromatic N) is 3. The van der Waals surface area contributed by atoms with Gasteiger partial charge < -0.3 is 4.42 Å². The van der Waals surface area contributed by atoms with Crippen molar-refractivity contribution in [3.8, 4) is 39.6 Å². The van der Waals surface area contributed by atoms with Crippen LogP contribution in [-0.2, 0) is 0 Å². The minimum atomic E-state index is 0.626. The molecule has 3 heterocycles. The SMILES string of the molecule is c1ccc(-c2ccc(-c3cc(-c4ccccc4)nc(-n4c5ccccc5c5c6occc6ccc54)n3)cc2)cc1. The van der Waals surface area contributed by atoms with Gasteiger partial charge in [-0.05, 0) is 41.5 Å². The maximum absolute atomic E-state index is 5.97. The first-order valence-electron chi connectivity index (χ1n) is 13.3. The number of hydrogen-bond acceptors (Lipinski definition) is 3. The third kappa shape index (κ3) is 3.62. The number of benzene rings is 5. The smallest absolute Gasteiger partial charge is 0.235 e. The minimum absolute atomic E-state index is 0.626. The summed E-state index contributed by atoms with van der Waals surface area (Å²) in [5.74, 6) is 0.626. The molecule has 40 heavy (non-hydrogen) atoms. The van der Waals surface area contributed by atoms with Crippen LogP contribution >= 0.6 is 0 Å². The fourth-order valence-corrected chi connectivity index (χ4v) is 5.60. The zero-order chi connectivity index (χ0) is 26.5. The fraction of sp³-hybridized carbons (Fsp3) is 0. The van der Waals surface area contributed by atoms with Gasteiger partial charge in [-0.25, -0.2) is 9.97 Å². The molecule has 0 amide bonds. The molecule has 8 aromatic rings. The molecular formula is C36H23N3O. The predicted molar refractivity (Wildman–Crippen MR) is 162 cm³/mol. The molecule has 0 saturated heterocycles. The Labute approximate surface area is 230 Å². The molecule has 3 aromatic heterocycles. The number of fused-ring (bicyclic) bond motifs is 5. The molecule has 0 fully saturated rings. The van der Waals surface area contributed by atoms with E-state index in [1.807, 2.05) is 30.3 Å². The van der Waals surface area contributed by atoms with Gasteiger partial charge in [-0.1, -0.05) is 103 Å². The lowest BCUT2D eigenvalue weighted by atomic mass is 10.0. The second-order valence-electron chi connectivity index (χ2n) is 9.90. The van der Waals surface area contributed by atoms with Crippen LogP contribution in [0.2, 0.25) is 0 Å². The Morgan fingerprint density at radius 3 is 1.85 bits per heavy atom. The van der Waals surface area contributed by atoms with Crippen LogP contribution in [0, 0.1) is 0 Å². The Morgan fingerprint density at radius 2 is 1.10 bits per heavy atom. The van der Waals surface area contributed by atoms with Gasteiger partial charge in [0, 0.05) is 21.9 Å². The van der Waals surface area contributed by atoms with Crippen LogP contribution in [0.1, 0.15) is 0 Å². The summed E-state index contributed by atoms with van der Waals surface area (Å²) in [7, 11) is 0. The normalized spacial score (nSPS) is 11.5. The van der Waals surface area contributed by atoms with Crippen molar-refractivity contribution in [2.45, 2.75) is 0 Å². The monoisotopic (exact) mass is 513 g/mol. The third-order valence-corrected chi connectivity index (χ3v) is 7.53. The molecule has 188 valence electrons. The summed E-state index contributed by atoms with van der Waals surface area (Å²) in [5, 5.41) is 3.26. The largest absolute Gasteiger partial charge is 0.464 e. The van der Waals surface area contributed by atoms with Gasteiger partial charge >= 0.3 is 0 Å². The maximum atomic E-state index is 5.97. The topological polar surface area (TPSA) is 43.9 Å². The highest BCUT2D eigenvalue weighted by Gasteiger charge is 2.19. The Kier molecular flexibility index (Phi) is 5.10. The van der Waals surface area contributed by atoms with Crippen LogP contribution in [0.15, 0.2) is 144 Å². The maximum Gasteiger partial charge on any atom is 0.235 e. The van der Waals surface area contributed by atoms with Gasteiger partial charge in [-0.15, -0.1) is 0 Å². The van der Waals surface area contributed by atoms with Crippen molar-refractivity contribution in [2.75, 3.05) is 0 Å². The summed E-state index contributed by atoms with van der Waals surface area (Å²) >= 11 is 0. The van der Waals surface area contributed by atoms with Gasteiger partial charge in [0.25, 0.3) is 0 Å². The van der Waals surface area contributed by atoms with Gasteiger partial charge in [-0.3, -0.25) is 4.57 Å². The second kappa shape index (κ2) is 9.07. The summed E-state index contributed by atoms with van der Waals surface area (Å²) in [4.78, 5) is 10.3. The summed E-state index contributed by atoms with van der Waals surface area (Å²) in [6.45, 7) is 0. The van der Waals surface area contributed by atoms with Crippen molar-refractivity contribution < 1.29 is 4.42 Å².